The maximum absolute atomic E-state index is 13.6. The van der Waals surface area contributed by atoms with Crippen LogP contribution in [0, 0.1) is 11.7 Å². The molecule has 4 heteroatoms. The molecule has 1 atom stereocenters. The number of halogens is 1. The molecule has 1 aliphatic heterocycles. The largest absolute Gasteiger partial charge is 0.371 e. The molecular formula is C21H25FN2O. The quantitative estimate of drug-likeness (QED) is 0.800. The molecule has 0 aromatic heterocycles. The molecule has 0 aliphatic carbocycles. The summed E-state index contributed by atoms with van der Waals surface area (Å²) in [7, 11) is 1.86. The lowest BCUT2D eigenvalue weighted by Gasteiger charge is -2.22. The van der Waals surface area contributed by atoms with E-state index in [0.717, 1.165) is 26.1 Å². The average Bonchev–Trinajstić information content (AvgIpc) is 3.10. The van der Waals surface area contributed by atoms with Gasteiger partial charge in [0, 0.05) is 38.8 Å². The first kappa shape index (κ1) is 17.5. The SMILES string of the molecule is CN(CC1CCN(c2ccccc2)C1)C(=O)CCc1ccccc1F. The van der Waals surface area contributed by atoms with Crippen LogP contribution in [0.15, 0.2) is 54.6 Å². The Kier molecular flexibility index (Phi) is 5.69. The predicted molar refractivity (Wildman–Crippen MR) is 99.1 cm³/mol. The van der Waals surface area contributed by atoms with E-state index < -0.39 is 0 Å². The first-order valence-corrected chi connectivity index (χ1v) is 8.91. The van der Waals surface area contributed by atoms with Crippen molar-refractivity contribution in [1.82, 2.24) is 4.90 Å². The number of aryl methyl sites for hydroxylation is 1. The maximum Gasteiger partial charge on any atom is 0.222 e. The topological polar surface area (TPSA) is 23.6 Å². The molecule has 2 aromatic carbocycles. The fourth-order valence-electron chi connectivity index (χ4n) is 3.48. The van der Waals surface area contributed by atoms with Crippen LogP contribution >= 0.6 is 0 Å². The lowest BCUT2D eigenvalue weighted by Crippen LogP contribution is -2.33. The van der Waals surface area contributed by atoms with Gasteiger partial charge in [0.05, 0.1) is 0 Å². The van der Waals surface area contributed by atoms with Gasteiger partial charge in [0.25, 0.3) is 0 Å². The van der Waals surface area contributed by atoms with Crippen molar-refractivity contribution in [2.45, 2.75) is 19.3 Å². The Morgan fingerprint density at radius 2 is 1.88 bits per heavy atom. The third-order valence-electron chi connectivity index (χ3n) is 4.93. The highest BCUT2D eigenvalue weighted by Gasteiger charge is 2.25. The van der Waals surface area contributed by atoms with E-state index in [0.29, 0.717) is 24.3 Å². The lowest BCUT2D eigenvalue weighted by molar-refractivity contribution is -0.130. The molecule has 1 aliphatic rings. The number of carbonyl (C=O) groups is 1. The Balaban J connectivity index is 1.46. The van der Waals surface area contributed by atoms with Gasteiger partial charge in [-0.3, -0.25) is 4.79 Å². The fraction of sp³-hybridized carbons (Fsp3) is 0.381. The number of para-hydroxylation sites is 1. The van der Waals surface area contributed by atoms with Crippen LogP contribution in [0.3, 0.4) is 0 Å². The fourth-order valence-corrected chi connectivity index (χ4v) is 3.48. The molecule has 1 unspecified atom stereocenters. The molecule has 0 spiro atoms. The van der Waals surface area contributed by atoms with Crippen LogP contribution in [-0.2, 0) is 11.2 Å². The van der Waals surface area contributed by atoms with Crippen molar-refractivity contribution in [3.8, 4) is 0 Å². The molecule has 3 rings (SSSR count). The number of hydrogen-bond donors (Lipinski definition) is 0. The molecule has 132 valence electrons. The van der Waals surface area contributed by atoms with Gasteiger partial charge in [0.1, 0.15) is 5.82 Å². The second-order valence-electron chi connectivity index (χ2n) is 6.80. The van der Waals surface area contributed by atoms with Crippen LogP contribution in [0.25, 0.3) is 0 Å². The highest BCUT2D eigenvalue weighted by molar-refractivity contribution is 5.76. The number of hydrogen-bond acceptors (Lipinski definition) is 2. The molecule has 3 nitrogen and oxygen atoms in total. The Hall–Kier alpha value is -2.36. The summed E-state index contributed by atoms with van der Waals surface area (Å²) in [6.45, 7) is 2.78. The van der Waals surface area contributed by atoms with E-state index in [1.54, 1.807) is 17.0 Å². The minimum Gasteiger partial charge on any atom is -0.371 e. The van der Waals surface area contributed by atoms with Gasteiger partial charge in [-0.15, -0.1) is 0 Å². The van der Waals surface area contributed by atoms with Crippen molar-refractivity contribution in [3.63, 3.8) is 0 Å². The van der Waals surface area contributed by atoms with E-state index in [2.05, 4.69) is 29.2 Å². The number of anilines is 1. The van der Waals surface area contributed by atoms with Crippen molar-refractivity contribution in [2.24, 2.45) is 5.92 Å². The van der Waals surface area contributed by atoms with Gasteiger partial charge >= 0.3 is 0 Å². The zero-order valence-electron chi connectivity index (χ0n) is 14.7. The van der Waals surface area contributed by atoms with Crippen LogP contribution in [-0.4, -0.2) is 37.5 Å². The molecule has 1 amide bonds. The van der Waals surface area contributed by atoms with E-state index in [4.69, 9.17) is 0 Å². The van der Waals surface area contributed by atoms with E-state index in [1.165, 1.54) is 11.8 Å². The normalized spacial score (nSPS) is 16.9. The van der Waals surface area contributed by atoms with Gasteiger partial charge in [0.15, 0.2) is 0 Å². The molecule has 0 N–H and O–H groups in total. The van der Waals surface area contributed by atoms with Crippen molar-refractivity contribution in [1.29, 1.82) is 0 Å². The molecule has 1 fully saturated rings. The summed E-state index contributed by atoms with van der Waals surface area (Å²) < 4.78 is 13.6. The molecule has 0 radical (unpaired) electrons. The summed E-state index contributed by atoms with van der Waals surface area (Å²) in [6.07, 6.45) is 1.91. The van der Waals surface area contributed by atoms with E-state index in [-0.39, 0.29) is 11.7 Å². The Morgan fingerprint density at radius 3 is 2.64 bits per heavy atom. The molecular weight excluding hydrogens is 315 g/mol. The number of benzene rings is 2. The highest BCUT2D eigenvalue weighted by Crippen LogP contribution is 2.24. The van der Waals surface area contributed by atoms with Crippen molar-refractivity contribution in [2.75, 3.05) is 31.6 Å². The molecule has 25 heavy (non-hydrogen) atoms. The third-order valence-corrected chi connectivity index (χ3v) is 4.93. The van der Waals surface area contributed by atoms with Gasteiger partial charge in [-0.2, -0.15) is 0 Å². The van der Waals surface area contributed by atoms with Crippen LogP contribution in [0.5, 0.6) is 0 Å². The van der Waals surface area contributed by atoms with Crippen molar-refractivity contribution >= 4 is 11.6 Å². The van der Waals surface area contributed by atoms with Crippen LogP contribution in [0.2, 0.25) is 0 Å². The summed E-state index contributed by atoms with van der Waals surface area (Å²) in [5, 5.41) is 0. The van der Waals surface area contributed by atoms with E-state index in [1.807, 2.05) is 19.2 Å². The minimum absolute atomic E-state index is 0.0846. The number of rotatable bonds is 6. The summed E-state index contributed by atoms with van der Waals surface area (Å²) in [6, 6.07) is 17.1. The Morgan fingerprint density at radius 1 is 1.16 bits per heavy atom. The summed E-state index contributed by atoms with van der Waals surface area (Å²) >= 11 is 0. The smallest absolute Gasteiger partial charge is 0.222 e. The lowest BCUT2D eigenvalue weighted by atomic mass is 10.1. The molecule has 0 bridgehead atoms. The van der Waals surface area contributed by atoms with Crippen molar-refractivity contribution < 1.29 is 9.18 Å². The van der Waals surface area contributed by atoms with Gasteiger partial charge in [-0.1, -0.05) is 36.4 Å². The summed E-state index contributed by atoms with van der Waals surface area (Å²) in [4.78, 5) is 16.5. The first-order valence-electron chi connectivity index (χ1n) is 8.91. The maximum atomic E-state index is 13.6. The molecule has 0 saturated carbocycles. The molecule has 1 saturated heterocycles. The van der Waals surface area contributed by atoms with Gasteiger partial charge in [0.2, 0.25) is 5.91 Å². The zero-order valence-corrected chi connectivity index (χ0v) is 14.7. The summed E-state index contributed by atoms with van der Waals surface area (Å²) in [5.74, 6) is 0.344. The van der Waals surface area contributed by atoms with E-state index in [9.17, 15) is 9.18 Å². The van der Waals surface area contributed by atoms with Gasteiger partial charge in [-0.05, 0) is 42.5 Å². The standard InChI is InChI=1S/C21H25FN2O/c1-23(21(25)12-11-18-7-5-6-10-20(18)22)15-17-13-14-24(16-17)19-8-3-2-4-9-19/h2-10,17H,11-16H2,1H3. The summed E-state index contributed by atoms with van der Waals surface area (Å²) in [5.41, 5.74) is 1.86. The highest BCUT2D eigenvalue weighted by atomic mass is 19.1. The first-order chi connectivity index (χ1) is 12.1. The number of amides is 1. The average molecular weight is 340 g/mol. The second kappa shape index (κ2) is 8.15. The molecule has 1 heterocycles. The van der Waals surface area contributed by atoms with Crippen LogP contribution < -0.4 is 4.90 Å². The van der Waals surface area contributed by atoms with Gasteiger partial charge in [-0.25, -0.2) is 4.39 Å². The minimum atomic E-state index is -0.229. The monoisotopic (exact) mass is 340 g/mol. The number of carbonyl (C=O) groups excluding carboxylic acids is 1. The zero-order chi connectivity index (χ0) is 17.6. The third kappa shape index (κ3) is 4.59. The van der Waals surface area contributed by atoms with Crippen molar-refractivity contribution in [3.05, 3.63) is 66.0 Å². The van der Waals surface area contributed by atoms with Crippen LogP contribution in [0.1, 0.15) is 18.4 Å². The van der Waals surface area contributed by atoms with E-state index >= 15 is 0 Å². The Labute approximate surface area is 149 Å². The number of nitrogens with zero attached hydrogens (tertiary/aromatic N) is 2. The molecule has 2 aromatic rings. The second-order valence-corrected chi connectivity index (χ2v) is 6.80. The predicted octanol–water partition coefficient (Wildman–Crippen LogP) is 3.74. The van der Waals surface area contributed by atoms with Gasteiger partial charge < -0.3 is 9.80 Å². The van der Waals surface area contributed by atoms with Crippen LogP contribution in [0.4, 0.5) is 10.1 Å². The Bertz CT molecular complexity index is 704.